The zero-order chi connectivity index (χ0) is 14.1. The number of aliphatic imine (C=N–C) groups is 1. The van der Waals surface area contributed by atoms with Crippen LogP contribution in [0.2, 0.25) is 0 Å². The summed E-state index contributed by atoms with van der Waals surface area (Å²) in [5.41, 5.74) is 0. The minimum Gasteiger partial charge on any atom is -0.356 e. The molecule has 0 aliphatic rings. The zero-order valence-corrected chi connectivity index (χ0v) is 12.4. The molecule has 19 heavy (non-hydrogen) atoms. The fourth-order valence-corrected chi connectivity index (χ4v) is 1.51. The van der Waals surface area contributed by atoms with Gasteiger partial charge in [0.05, 0.1) is 0 Å². The molecule has 0 aliphatic heterocycles. The smallest absolute Gasteiger partial charge is 0.226 e. The number of hydrogen-bond acceptors (Lipinski definition) is 4. The van der Waals surface area contributed by atoms with Crippen LogP contribution in [0, 0.1) is 0 Å². The molecular formula is C13H25N5O. The van der Waals surface area contributed by atoms with Crippen molar-refractivity contribution in [2.45, 2.75) is 46.0 Å². The van der Waals surface area contributed by atoms with Gasteiger partial charge in [0.2, 0.25) is 5.89 Å². The lowest BCUT2D eigenvalue weighted by molar-refractivity contribution is 0.368. The highest BCUT2D eigenvalue weighted by Crippen LogP contribution is 2.10. The lowest BCUT2D eigenvalue weighted by atomic mass is 10.2. The minimum absolute atomic E-state index is 0.313. The Hall–Kier alpha value is -1.59. The Labute approximate surface area is 115 Å². The Bertz CT molecular complexity index is 386. The van der Waals surface area contributed by atoms with Crippen molar-refractivity contribution in [3.8, 4) is 0 Å². The summed E-state index contributed by atoms with van der Waals surface area (Å²) in [4.78, 5) is 8.49. The molecule has 1 aromatic heterocycles. The van der Waals surface area contributed by atoms with Gasteiger partial charge >= 0.3 is 0 Å². The van der Waals surface area contributed by atoms with Crippen LogP contribution in [-0.4, -0.2) is 36.2 Å². The van der Waals surface area contributed by atoms with Crippen LogP contribution in [0.1, 0.15) is 51.2 Å². The largest absolute Gasteiger partial charge is 0.356 e. The van der Waals surface area contributed by atoms with Gasteiger partial charge in [0, 0.05) is 32.5 Å². The van der Waals surface area contributed by atoms with Crippen molar-refractivity contribution in [2.75, 3.05) is 20.1 Å². The first-order chi connectivity index (χ1) is 9.17. The Balaban J connectivity index is 2.22. The van der Waals surface area contributed by atoms with E-state index in [2.05, 4.69) is 46.5 Å². The van der Waals surface area contributed by atoms with Gasteiger partial charge < -0.3 is 15.2 Å². The third-order valence-corrected chi connectivity index (χ3v) is 2.63. The number of guanidine groups is 1. The van der Waals surface area contributed by atoms with Crippen LogP contribution in [0.5, 0.6) is 0 Å². The van der Waals surface area contributed by atoms with Crippen LogP contribution < -0.4 is 10.6 Å². The van der Waals surface area contributed by atoms with Gasteiger partial charge in [-0.05, 0) is 12.8 Å². The van der Waals surface area contributed by atoms with E-state index in [1.165, 1.54) is 0 Å². The summed E-state index contributed by atoms with van der Waals surface area (Å²) in [5, 5.41) is 10.4. The van der Waals surface area contributed by atoms with Crippen LogP contribution in [0.15, 0.2) is 9.52 Å². The van der Waals surface area contributed by atoms with Gasteiger partial charge in [-0.1, -0.05) is 25.9 Å². The summed E-state index contributed by atoms with van der Waals surface area (Å²) in [5.74, 6) is 2.65. The summed E-state index contributed by atoms with van der Waals surface area (Å²) in [6, 6.07) is 0. The van der Waals surface area contributed by atoms with E-state index >= 15 is 0 Å². The molecular weight excluding hydrogens is 242 g/mol. The molecule has 0 aliphatic carbocycles. The van der Waals surface area contributed by atoms with Gasteiger partial charge in [-0.25, -0.2) is 0 Å². The van der Waals surface area contributed by atoms with E-state index in [4.69, 9.17) is 4.52 Å². The van der Waals surface area contributed by atoms with E-state index in [1.807, 2.05) is 0 Å². The van der Waals surface area contributed by atoms with Crippen LogP contribution in [0.25, 0.3) is 0 Å². The zero-order valence-electron chi connectivity index (χ0n) is 12.4. The van der Waals surface area contributed by atoms with E-state index in [0.29, 0.717) is 11.8 Å². The molecule has 2 N–H and O–H groups in total. The van der Waals surface area contributed by atoms with E-state index in [-0.39, 0.29) is 0 Å². The second-order valence-corrected chi connectivity index (χ2v) is 4.73. The van der Waals surface area contributed by atoms with Crippen LogP contribution in [-0.2, 0) is 6.42 Å². The molecule has 0 saturated carbocycles. The quantitative estimate of drug-likeness (QED) is 0.447. The van der Waals surface area contributed by atoms with E-state index in [1.54, 1.807) is 7.05 Å². The number of nitrogens with one attached hydrogen (secondary N) is 2. The van der Waals surface area contributed by atoms with Crippen molar-refractivity contribution in [3.05, 3.63) is 11.7 Å². The van der Waals surface area contributed by atoms with Crippen LogP contribution >= 0.6 is 0 Å². The Kier molecular flexibility index (Phi) is 6.92. The number of hydrogen-bond donors (Lipinski definition) is 2. The molecule has 6 heteroatoms. The van der Waals surface area contributed by atoms with Crippen molar-refractivity contribution in [1.82, 2.24) is 20.8 Å². The Morgan fingerprint density at radius 2 is 2.05 bits per heavy atom. The topological polar surface area (TPSA) is 75.3 Å². The lowest BCUT2D eigenvalue weighted by Gasteiger charge is -2.10. The summed E-state index contributed by atoms with van der Waals surface area (Å²) in [6.45, 7) is 8.01. The standard InChI is InChI=1S/C13H25N5O/c1-5-8-15-13(14-4)16-9-6-7-11-17-12(10(2)3)18-19-11/h10H,5-9H2,1-4H3,(H2,14,15,16). The van der Waals surface area contributed by atoms with Gasteiger partial charge in [-0.2, -0.15) is 4.98 Å². The highest BCUT2D eigenvalue weighted by Gasteiger charge is 2.08. The normalized spacial score (nSPS) is 11.9. The van der Waals surface area contributed by atoms with Crippen molar-refractivity contribution in [1.29, 1.82) is 0 Å². The maximum atomic E-state index is 5.19. The van der Waals surface area contributed by atoms with E-state index in [0.717, 1.165) is 44.1 Å². The number of rotatable bonds is 7. The first-order valence-electron chi connectivity index (χ1n) is 6.94. The molecule has 0 unspecified atom stereocenters. The van der Waals surface area contributed by atoms with Crippen LogP contribution in [0.3, 0.4) is 0 Å². The average Bonchev–Trinajstić information content (AvgIpc) is 2.87. The molecule has 0 fully saturated rings. The number of aryl methyl sites for hydroxylation is 1. The summed E-state index contributed by atoms with van der Waals surface area (Å²) in [7, 11) is 1.78. The maximum absolute atomic E-state index is 5.19. The Morgan fingerprint density at radius 3 is 2.63 bits per heavy atom. The van der Waals surface area contributed by atoms with Crippen LogP contribution in [0.4, 0.5) is 0 Å². The van der Waals surface area contributed by atoms with Gasteiger partial charge in [0.25, 0.3) is 0 Å². The summed E-state index contributed by atoms with van der Waals surface area (Å²) >= 11 is 0. The first-order valence-corrected chi connectivity index (χ1v) is 6.94. The predicted octanol–water partition coefficient (Wildman–Crippen LogP) is 1.70. The second kappa shape index (κ2) is 8.50. The molecule has 1 rings (SSSR count). The molecule has 0 amide bonds. The number of aromatic nitrogens is 2. The fraction of sp³-hybridized carbons (Fsp3) is 0.769. The molecule has 1 aromatic rings. The molecule has 0 radical (unpaired) electrons. The molecule has 0 spiro atoms. The highest BCUT2D eigenvalue weighted by atomic mass is 16.5. The predicted molar refractivity (Wildman–Crippen MR) is 76.4 cm³/mol. The van der Waals surface area contributed by atoms with Gasteiger partial charge in [0.1, 0.15) is 0 Å². The van der Waals surface area contributed by atoms with Crippen molar-refractivity contribution in [3.63, 3.8) is 0 Å². The van der Waals surface area contributed by atoms with Gasteiger partial charge in [0.15, 0.2) is 11.8 Å². The third-order valence-electron chi connectivity index (χ3n) is 2.63. The van der Waals surface area contributed by atoms with E-state index in [9.17, 15) is 0 Å². The van der Waals surface area contributed by atoms with Crippen molar-refractivity contribution in [2.24, 2.45) is 4.99 Å². The molecule has 0 saturated heterocycles. The summed E-state index contributed by atoms with van der Waals surface area (Å²) < 4.78 is 5.19. The van der Waals surface area contributed by atoms with Crippen molar-refractivity contribution < 1.29 is 4.52 Å². The third kappa shape index (κ3) is 5.72. The molecule has 0 bridgehead atoms. The lowest BCUT2D eigenvalue weighted by Crippen LogP contribution is -2.38. The second-order valence-electron chi connectivity index (χ2n) is 4.73. The summed E-state index contributed by atoms with van der Waals surface area (Å²) in [6.07, 6.45) is 2.81. The number of nitrogens with zero attached hydrogens (tertiary/aromatic N) is 3. The first kappa shape index (κ1) is 15.5. The van der Waals surface area contributed by atoms with E-state index < -0.39 is 0 Å². The molecule has 0 atom stereocenters. The van der Waals surface area contributed by atoms with Crippen molar-refractivity contribution >= 4 is 5.96 Å². The molecule has 1 heterocycles. The minimum atomic E-state index is 0.313. The highest BCUT2D eigenvalue weighted by molar-refractivity contribution is 5.79. The van der Waals surface area contributed by atoms with Gasteiger partial charge in [-0.3, -0.25) is 4.99 Å². The monoisotopic (exact) mass is 267 g/mol. The molecule has 0 aromatic carbocycles. The maximum Gasteiger partial charge on any atom is 0.226 e. The van der Waals surface area contributed by atoms with Gasteiger partial charge in [-0.15, -0.1) is 0 Å². The average molecular weight is 267 g/mol. The fourth-order valence-electron chi connectivity index (χ4n) is 1.51. The Morgan fingerprint density at radius 1 is 1.32 bits per heavy atom. The SMILES string of the molecule is CCCNC(=NC)NCCCc1nc(C(C)C)no1. The molecule has 108 valence electrons. The molecule has 6 nitrogen and oxygen atoms in total.